The zero-order chi connectivity index (χ0) is 17.5. The van der Waals surface area contributed by atoms with Gasteiger partial charge in [0.2, 0.25) is 0 Å². The fourth-order valence-electron chi connectivity index (χ4n) is 2.09. The van der Waals surface area contributed by atoms with Crippen LogP contribution in [0, 0.1) is 5.82 Å². The van der Waals surface area contributed by atoms with Gasteiger partial charge in [0.25, 0.3) is 5.91 Å². The quantitative estimate of drug-likeness (QED) is 0.653. The number of halogens is 1. The molecule has 6 nitrogen and oxygen atoms in total. The van der Waals surface area contributed by atoms with E-state index < -0.39 is 17.8 Å². The summed E-state index contributed by atoms with van der Waals surface area (Å²) in [7, 11) is 0. The van der Waals surface area contributed by atoms with E-state index in [1.165, 1.54) is 24.3 Å². The van der Waals surface area contributed by atoms with Gasteiger partial charge in [-0.3, -0.25) is 4.79 Å². The minimum absolute atomic E-state index is 0.0614. The van der Waals surface area contributed by atoms with Crippen LogP contribution in [0.2, 0.25) is 0 Å². The molecule has 0 aliphatic rings. The first-order valence-electron chi connectivity index (χ1n) is 7.51. The molecule has 0 bridgehead atoms. The minimum Gasteiger partial charge on any atom is -0.384 e. The number of carbonyl (C=O) groups is 2. The summed E-state index contributed by atoms with van der Waals surface area (Å²) in [5.74, 6) is -1.14. The molecule has 0 aliphatic carbocycles. The molecule has 2 aromatic rings. The fourth-order valence-corrected chi connectivity index (χ4v) is 2.09. The molecule has 0 aliphatic heterocycles. The van der Waals surface area contributed by atoms with Gasteiger partial charge in [-0.05, 0) is 36.8 Å². The molecular weight excluding hydrogens is 311 g/mol. The van der Waals surface area contributed by atoms with E-state index in [0.29, 0.717) is 17.9 Å². The highest BCUT2D eigenvalue weighted by Crippen LogP contribution is 2.21. The molecule has 0 spiro atoms. The van der Waals surface area contributed by atoms with Gasteiger partial charge in [-0.1, -0.05) is 19.1 Å². The number of urea groups is 1. The molecular formula is C17H19FN4O2. The van der Waals surface area contributed by atoms with Crippen molar-refractivity contribution in [2.45, 2.75) is 13.3 Å². The monoisotopic (exact) mass is 330 g/mol. The number of benzene rings is 2. The summed E-state index contributed by atoms with van der Waals surface area (Å²) in [5.41, 5.74) is 6.68. The van der Waals surface area contributed by atoms with Crippen molar-refractivity contribution < 1.29 is 14.0 Å². The molecule has 2 aromatic carbocycles. The lowest BCUT2D eigenvalue weighted by atomic mass is 10.1. The minimum atomic E-state index is -0.621. The molecule has 0 unspecified atom stereocenters. The molecule has 0 radical (unpaired) electrons. The van der Waals surface area contributed by atoms with Gasteiger partial charge in [-0.2, -0.15) is 0 Å². The molecule has 0 aromatic heterocycles. The molecule has 0 atom stereocenters. The average Bonchev–Trinajstić information content (AvgIpc) is 2.55. The lowest BCUT2D eigenvalue weighted by molar-refractivity contribution is 0.100. The third-order valence-corrected chi connectivity index (χ3v) is 3.23. The van der Waals surface area contributed by atoms with E-state index in [9.17, 15) is 14.0 Å². The van der Waals surface area contributed by atoms with Gasteiger partial charge < -0.3 is 21.7 Å². The van der Waals surface area contributed by atoms with Crippen LogP contribution in [0.3, 0.4) is 0 Å². The van der Waals surface area contributed by atoms with E-state index >= 15 is 0 Å². The molecule has 2 rings (SSSR count). The number of para-hydroxylation sites is 1. The largest absolute Gasteiger partial charge is 0.384 e. The number of hydrogen-bond donors (Lipinski definition) is 4. The van der Waals surface area contributed by atoms with Gasteiger partial charge in [0, 0.05) is 17.9 Å². The van der Waals surface area contributed by atoms with Gasteiger partial charge in [0.1, 0.15) is 5.82 Å². The van der Waals surface area contributed by atoms with Gasteiger partial charge in [-0.25, -0.2) is 9.18 Å². The first-order chi connectivity index (χ1) is 11.5. The van der Waals surface area contributed by atoms with Crippen LogP contribution in [0.1, 0.15) is 23.7 Å². The summed E-state index contributed by atoms with van der Waals surface area (Å²) in [4.78, 5) is 23.5. The Morgan fingerprint density at radius 3 is 2.50 bits per heavy atom. The Bertz CT molecular complexity index is 749. The SMILES string of the molecule is CCCNc1ccc(NC(=O)Nc2ccccc2F)cc1C(N)=O. The van der Waals surface area contributed by atoms with Crippen molar-refractivity contribution in [2.24, 2.45) is 5.73 Å². The third kappa shape index (κ3) is 4.45. The molecule has 0 fully saturated rings. The number of amides is 3. The van der Waals surface area contributed by atoms with Crippen LogP contribution in [0.15, 0.2) is 42.5 Å². The Hall–Kier alpha value is -3.09. The van der Waals surface area contributed by atoms with Crippen LogP contribution in [-0.4, -0.2) is 18.5 Å². The Morgan fingerprint density at radius 1 is 1.08 bits per heavy atom. The topological polar surface area (TPSA) is 96.2 Å². The zero-order valence-electron chi connectivity index (χ0n) is 13.2. The first kappa shape index (κ1) is 17.3. The number of hydrogen-bond acceptors (Lipinski definition) is 3. The Morgan fingerprint density at radius 2 is 1.83 bits per heavy atom. The Kier molecular flexibility index (Phi) is 5.73. The van der Waals surface area contributed by atoms with Crippen LogP contribution in [0.25, 0.3) is 0 Å². The number of nitrogens with two attached hydrogens (primary N) is 1. The maximum absolute atomic E-state index is 13.5. The highest BCUT2D eigenvalue weighted by Gasteiger charge is 2.11. The maximum atomic E-state index is 13.5. The second-order valence-electron chi connectivity index (χ2n) is 5.11. The normalized spacial score (nSPS) is 10.1. The number of carbonyl (C=O) groups excluding carboxylic acids is 2. The van der Waals surface area contributed by atoms with Crippen molar-refractivity contribution in [3.05, 3.63) is 53.8 Å². The number of rotatable bonds is 6. The predicted molar refractivity (Wildman–Crippen MR) is 92.8 cm³/mol. The summed E-state index contributed by atoms with van der Waals surface area (Å²) in [6, 6.07) is 9.97. The summed E-state index contributed by atoms with van der Waals surface area (Å²) in [6.07, 6.45) is 0.892. The highest BCUT2D eigenvalue weighted by atomic mass is 19.1. The highest BCUT2D eigenvalue weighted by molar-refractivity contribution is 6.03. The van der Waals surface area contributed by atoms with E-state index in [4.69, 9.17) is 5.73 Å². The van der Waals surface area contributed by atoms with Crippen molar-refractivity contribution in [2.75, 3.05) is 22.5 Å². The lowest BCUT2D eigenvalue weighted by Crippen LogP contribution is -2.21. The van der Waals surface area contributed by atoms with Gasteiger partial charge in [0.15, 0.2) is 0 Å². The summed E-state index contributed by atoms with van der Waals surface area (Å²) in [6.45, 7) is 2.70. The molecule has 0 saturated heterocycles. The Balaban J connectivity index is 2.11. The zero-order valence-corrected chi connectivity index (χ0v) is 13.2. The van der Waals surface area contributed by atoms with Crippen molar-refractivity contribution in [1.82, 2.24) is 0 Å². The van der Waals surface area contributed by atoms with Crippen LogP contribution in [0.4, 0.5) is 26.2 Å². The second kappa shape index (κ2) is 7.96. The molecule has 24 heavy (non-hydrogen) atoms. The fraction of sp³-hybridized carbons (Fsp3) is 0.176. The van der Waals surface area contributed by atoms with Gasteiger partial charge in [-0.15, -0.1) is 0 Å². The molecule has 126 valence electrons. The van der Waals surface area contributed by atoms with Gasteiger partial charge >= 0.3 is 6.03 Å². The maximum Gasteiger partial charge on any atom is 0.323 e. The first-order valence-corrected chi connectivity index (χ1v) is 7.51. The summed E-state index contributed by atoms with van der Waals surface area (Å²) in [5, 5.41) is 8.04. The van der Waals surface area contributed by atoms with E-state index in [2.05, 4.69) is 16.0 Å². The van der Waals surface area contributed by atoms with Crippen LogP contribution >= 0.6 is 0 Å². The number of anilines is 3. The second-order valence-corrected chi connectivity index (χ2v) is 5.11. The average molecular weight is 330 g/mol. The van der Waals surface area contributed by atoms with Crippen LogP contribution < -0.4 is 21.7 Å². The molecule has 0 heterocycles. The van der Waals surface area contributed by atoms with Crippen LogP contribution in [-0.2, 0) is 0 Å². The van der Waals surface area contributed by atoms with Crippen molar-refractivity contribution >= 4 is 29.0 Å². The van der Waals surface area contributed by atoms with Crippen LogP contribution in [0.5, 0.6) is 0 Å². The summed E-state index contributed by atoms with van der Waals surface area (Å²) >= 11 is 0. The van der Waals surface area contributed by atoms with E-state index in [1.54, 1.807) is 18.2 Å². The Labute approximate surface area is 139 Å². The molecule has 7 heteroatoms. The third-order valence-electron chi connectivity index (χ3n) is 3.23. The molecule has 5 N–H and O–H groups in total. The number of primary amides is 1. The van der Waals surface area contributed by atoms with E-state index in [0.717, 1.165) is 6.42 Å². The standard InChI is InChI=1S/C17H19FN4O2/c1-2-9-20-14-8-7-11(10-12(14)16(19)23)21-17(24)22-15-6-4-3-5-13(15)18/h3-8,10,20H,2,9H2,1H3,(H2,19,23)(H2,21,22,24). The molecule has 0 saturated carbocycles. The smallest absolute Gasteiger partial charge is 0.323 e. The van der Waals surface area contributed by atoms with Crippen molar-refractivity contribution in [3.8, 4) is 0 Å². The van der Waals surface area contributed by atoms with Crippen molar-refractivity contribution in [3.63, 3.8) is 0 Å². The molecule has 3 amide bonds. The predicted octanol–water partition coefficient (Wildman–Crippen LogP) is 3.39. The summed E-state index contributed by atoms with van der Waals surface area (Å²) < 4.78 is 13.5. The number of nitrogens with one attached hydrogen (secondary N) is 3. The van der Waals surface area contributed by atoms with Crippen molar-refractivity contribution in [1.29, 1.82) is 0 Å². The van der Waals surface area contributed by atoms with E-state index in [1.807, 2.05) is 6.92 Å². The lowest BCUT2D eigenvalue weighted by Gasteiger charge is -2.12. The van der Waals surface area contributed by atoms with Gasteiger partial charge in [0.05, 0.1) is 11.3 Å². The van der Waals surface area contributed by atoms with E-state index in [-0.39, 0.29) is 11.3 Å².